The van der Waals surface area contributed by atoms with Gasteiger partial charge in [-0.25, -0.2) is 18.9 Å². The second kappa shape index (κ2) is 5.03. The molecule has 1 aromatic rings. The van der Waals surface area contributed by atoms with E-state index in [2.05, 4.69) is 5.32 Å². The van der Waals surface area contributed by atoms with Crippen molar-refractivity contribution in [2.45, 2.75) is 6.92 Å². The lowest BCUT2D eigenvalue weighted by Crippen LogP contribution is -2.42. The van der Waals surface area contributed by atoms with Gasteiger partial charge in [-0.05, 0) is 19.1 Å². The van der Waals surface area contributed by atoms with E-state index < -0.39 is 17.9 Å². The van der Waals surface area contributed by atoms with Crippen LogP contribution in [0.15, 0.2) is 24.3 Å². The fraction of sp³-hybridized carbons (Fsp3) is 0.333. The molecular formula is C12H14FN3O2. The number of amides is 4. The monoisotopic (exact) mass is 251 g/mol. The van der Waals surface area contributed by atoms with Crippen molar-refractivity contribution in [1.29, 1.82) is 0 Å². The predicted octanol–water partition coefficient (Wildman–Crippen LogP) is 1.80. The summed E-state index contributed by atoms with van der Waals surface area (Å²) in [7, 11) is 0. The topological polar surface area (TPSA) is 52.7 Å². The lowest BCUT2D eigenvalue weighted by Gasteiger charge is -2.18. The highest BCUT2D eigenvalue weighted by atomic mass is 19.1. The third-order valence-corrected chi connectivity index (χ3v) is 2.73. The number of anilines is 1. The minimum Gasteiger partial charge on any atom is -0.338 e. The molecule has 96 valence electrons. The van der Waals surface area contributed by atoms with Crippen LogP contribution in [0, 0.1) is 5.82 Å². The fourth-order valence-electron chi connectivity index (χ4n) is 1.87. The molecule has 1 aliphatic rings. The van der Waals surface area contributed by atoms with Gasteiger partial charge in [-0.15, -0.1) is 0 Å². The van der Waals surface area contributed by atoms with Crippen molar-refractivity contribution in [2.24, 2.45) is 0 Å². The van der Waals surface area contributed by atoms with Crippen LogP contribution in [-0.4, -0.2) is 36.6 Å². The molecule has 2 rings (SSSR count). The molecule has 0 radical (unpaired) electrons. The highest BCUT2D eigenvalue weighted by molar-refractivity contribution is 6.04. The summed E-state index contributed by atoms with van der Waals surface area (Å²) in [5.41, 5.74) is 0.203. The Morgan fingerprint density at radius 2 is 2.11 bits per heavy atom. The third-order valence-electron chi connectivity index (χ3n) is 2.73. The van der Waals surface area contributed by atoms with E-state index in [0.717, 1.165) is 4.90 Å². The van der Waals surface area contributed by atoms with Crippen molar-refractivity contribution < 1.29 is 14.0 Å². The second-order valence-electron chi connectivity index (χ2n) is 3.87. The third kappa shape index (κ3) is 2.13. The molecule has 1 aromatic carbocycles. The number of imide groups is 1. The summed E-state index contributed by atoms with van der Waals surface area (Å²) < 4.78 is 13.6. The number of rotatable bonds is 2. The number of carbonyl (C=O) groups excluding carboxylic acids is 2. The van der Waals surface area contributed by atoms with E-state index in [1.807, 2.05) is 0 Å². The second-order valence-corrected chi connectivity index (χ2v) is 3.87. The fourth-order valence-corrected chi connectivity index (χ4v) is 1.87. The normalized spacial score (nSPS) is 15.1. The molecule has 0 unspecified atom stereocenters. The number of halogens is 1. The highest BCUT2D eigenvalue weighted by Gasteiger charge is 2.34. The van der Waals surface area contributed by atoms with Crippen LogP contribution in [0.2, 0.25) is 0 Å². The van der Waals surface area contributed by atoms with Crippen molar-refractivity contribution in [3.8, 4) is 0 Å². The Bertz CT molecular complexity index is 478. The van der Waals surface area contributed by atoms with Gasteiger partial charge in [-0.3, -0.25) is 4.90 Å². The van der Waals surface area contributed by atoms with E-state index in [1.54, 1.807) is 19.1 Å². The van der Waals surface area contributed by atoms with E-state index in [-0.39, 0.29) is 12.2 Å². The minimum absolute atomic E-state index is 0.203. The SMILES string of the molecule is CCNC(=O)N1CCN(c2ccccc2F)C1=O. The Hall–Kier alpha value is -2.11. The largest absolute Gasteiger partial charge is 0.338 e. The van der Waals surface area contributed by atoms with Gasteiger partial charge in [-0.1, -0.05) is 12.1 Å². The molecule has 1 saturated heterocycles. The van der Waals surface area contributed by atoms with Gasteiger partial charge in [0.15, 0.2) is 0 Å². The molecule has 0 bridgehead atoms. The van der Waals surface area contributed by atoms with Crippen LogP contribution in [0.3, 0.4) is 0 Å². The van der Waals surface area contributed by atoms with Crippen LogP contribution in [0.1, 0.15) is 6.92 Å². The zero-order valence-electron chi connectivity index (χ0n) is 10.0. The average Bonchev–Trinajstić information content (AvgIpc) is 2.72. The molecule has 1 heterocycles. The van der Waals surface area contributed by atoms with E-state index in [9.17, 15) is 14.0 Å². The van der Waals surface area contributed by atoms with Crippen LogP contribution < -0.4 is 10.2 Å². The van der Waals surface area contributed by atoms with E-state index >= 15 is 0 Å². The van der Waals surface area contributed by atoms with Crippen molar-refractivity contribution in [3.05, 3.63) is 30.1 Å². The van der Waals surface area contributed by atoms with Crippen LogP contribution >= 0.6 is 0 Å². The number of urea groups is 2. The van der Waals surface area contributed by atoms with Crippen LogP contribution in [-0.2, 0) is 0 Å². The maximum Gasteiger partial charge on any atom is 0.332 e. The van der Waals surface area contributed by atoms with Crippen molar-refractivity contribution >= 4 is 17.7 Å². The number of nitrogens with one attached hydrogen (secondary N) is 1. The van der Waals surface area contributed by atoms with Gasteiger partial charge in [0.25, 0.3) is 0 Å². The average molecular weight is 251 g/mol. The molecule has 1 aliphatic heterocycles. The zero-order chi connectivity index (χ0) is 13.1. The first kappa shape index (κ1) is 12.3. The number of nitrogens with zero attached hydrogens (tertiary/aromatic N) is 2. The maximum atomic E-state index is 13.6. The molecule has 6 heteroatoms. The molecule has 0 saturated carbocycles. The van der Waals surface area contributed by atoms with Gasteiger partial charge >= 0.3 is 12.1 Å². The molecule has 18 heavy (non-hydrogen) atoms. The number of carbonyl (C=O) groups is 2. The van der Waals surface area contributed by atoms with Crippen LogP contribution in [0.25, 0.3) is 0 Å². The van der Waals surface area contributed by atoms with Gasteiger partial charge in [0, 0.05) is 13.1 Å². The van der Waals surface area contributed by atoms with Gasteiger partial charge in [0.2, 0.25) is 0 Å². The number of hydrogen-bond donors (Lipinski definition) is 1. The molecule has 1 N–H and O–H groups in total. The van der Waals surface area contributed by atoms with Gasteiger partial charge < -0.3 is 5.32 Å². The Morgan fingerprint density at radius 1 is 1.39 bits per heavy atom. The maximum absolute atomic E-state index is 13.6. The standard InChI is InChI=1S/C12H14FN3O2/c1-2-14-11(17)16-8-7-15(12(16)18)10-6-4-3-5-9(10)13/h3-6H,2,7-8H2,1H3,(H,14,17). The lowest BCUT2D eigenvalue weighted by atomic mass is 10.3. The Morgan fingerprint density at radius 3 is 2.78 bits per heavy atom. The first-order chi connectivity index (χ1) is 8.65. The summed E-state index contributed by atoms with van der Waals surface area (Å²) in [5.74, 6) is -0.469. The Labute approximate surface area is 104 Å². The molecule has 0 spiro atoms. The lowest BCUT2D eigenvalue weighted by molar-refractivity contribution is 0.200. The molecule has 0 aromatic heterocycles. The molecule has 0 aliphatic carbocycles. The molecule has 5 nitrogen and oxygen atoms in total. The summed E-state index contributed by atoms with van der Waals surface area (Å²) in [6.45, 7) is 2.78. The summed E-state index contributed by atoms with van der Waals surface area (Å²) >= 11 is 0. The number of para-hydroxylation sites is 1. The first-order valence-corrected chi connectivity index (χ1v) is 5.76. The predicted molar refractivity (Wildman–Crippen MR) is 64.9 cm³/mol. The van der Waals surface area contributed by atoms with E-state index in [1.165, 1.54) is 17.0 Å². The highest BCUT2D eigenvalue weighted by Crippen LogP contribution is 2.23. The Balaban J connectivity index is 2.17. The smallest absolute Gasteiger partial charge is 0.332 e. The van der Waals surface area contributed by atoms with E-state index in [4.69, 9.17) is 0 Å². The summed E-state index contributed by atoms with van der Waals surface area (Å²) in [6, 6.07) is 5.08. The van der Waals surface area contributed by atoms with Gasteiger partial charge in [0.05, 0.1) is 12.2 Å². The zero-order valence-corrected chi connectivity index (χ0v) is 10.0. The van der Waals surface area contributed by atoms with Crippen LogP contribution in [0.5, 0.6) is 0 Å². The quantitative estimate of drug-likeness (QED) is 0.871. The molecule has 1 fully saturated rings. The van der Waals surface area contributed by atoms with Crippen molar-refractivity contribution in [2.75, 3.05) is 24.5 Å². The van der Waals surface area contributed by atoms with Gasteiger partial charge in [-0.2, -0.15) is 0 Å². The summed E-state index contributed by atoms with van der Waals surface area (Å²) in [4.78, 5) is 25.9. The van der Waals surface area contributed by atoms with E-state index in [0.29, 0.717) is 13.1 Å². The first-order valence-electron chi connectivity index (χ1n) is 5.76. The molecule has 0 atom stereocenters. The number of benzene rings is 1. The minimum atomic E-state index is -0.494. The number of hydrogen-bond acceptors (Lipinski definition) is 2. The molecule has 4 amide bonds. The molecular weight excluding hydrogens is 237 g/mol. The van der Waals surface area contributed by atoms with Crippen molar-refractivity contribution in [1.82, 2.24) is 10.2 Å². The van der Waals surface area contributed by atoms with Gasteiger partial charge in [0.1, 0.15) is 5.82 Å². The van der Waals surface area contributed by atoms with Crippen molar-refractivity contribution in [3.63, 3.8) is 0 Å². The van der Waals surface area contributed by atoms with Crippen LogP contribution in [0.4, 0.5) is 19.7 Å². The summed E-state index contributed by atoms with van der Waals surface area (Å²) in [5, 5.41) is 2.55. The summed E-state index contributed by atoms with van der Waals surface area (Å²) in [6.07, 6.45) is 0. The Kier molecular flexibility index (Phi) is 3.45.